The molecular weight excluding hydrogens is 308 g/mol. The Labute approximate surface area is 127 Å². The van der Waals surface area contributed by atoms with Gasteiger partial charge in [0, 0.05) is 6.21 Å². The summed E-state index contributed by atoms with van der Waals surface area (Å²) in [6.07, 6.45) is 1.27. The molecule has 0 amide bonds. The number of fused-ring (bicyclic) bond motifs is 1. The molecule has 3 N–H and O–H groups in total. The van der Waals surface area contributed by atoms with Crippen LogP contribution in [0.4, 0.5) is 5.13 Å². The Bertz CT molecular complexity index is 968. The van der Waals surface area contributed by atoms with Crippen LogP contribution in [0.1, 0.15) is 11.1 Å². The first-order chi connectivity index (χ1) is 10.0. The Morgan fingerprint density at radius 3 is 3.00 bits per heavy atom. The van der Waals surface area contributed by atoms with Gasteiger partial charge in [-0.3, -0.25) is 9.78 Å². The van der Waals surface area contributed by atoms with E-state index in [4.69, 9.17) is 12.2 Å². The van der Waals surface area contributed by atoms with Gasteiger partial charge in [0.25, 0.3) is 5.56 Å². The zero-order valence-corrected chi connectivity index (χ0v) is 12.5. The number of benzene rings is 1. The van der Waals surface area contributed by atoms with Gasteiger partial charge in [-0.05, 0) is 36.8 Å². The minimum atomic E-state index is -0.503. The maximum Gasteiger partial charge on any atom is 0.264 e. The van der Waals surface area contributed by atoms with Gasteiger partial charge in [0.05, 0.1) is 10.2 Å². The molecule has 1 aromatic carbocycles. The number of rotatable bonds is 2. The summed E-state index contributed by atoms with van der Waals surface area (Å²) in [5.74, 6) is -0.315. The number of H-pyrrole nitrogens is 2. The van der Waals surface area contributed by atoms with E-state index in [0.29, 0.717) is 5.13 Å². The summed E-state index contributed by atoms with van der Waals surface area (Å²) in [4.78, 5) is 25.0. The van der Waals surface area contributed by atoms with Gasteiger partial charge in [-0.1, -0.05) is 17.4 Å². The van der Waals surface area contributed by atoms with E-state index in [9.17, 15) is 9.90 Å². The van der Waals surface area contributed by atoms with Gasteiger partial charge in [-0.25, -0.2) is 9.98 Å². The molecule has 2 heterocycles. The highest BCUT2D eigenvalue weighted by Crippen LogP contribution is 2.28. The maximum atomic E-state index is 11.7. The fraction of sp³-hybridized carbons (Fsp3) is 0.0769. The molecule has 0 unspecified atom stereocenters. The van der Waals surface area contributed by atoms with Crippen molar-refractivity contribution in [3.05, 3.63) is 44.5 Å². The number of thiazole rings is 1. The van der Waals surface area contributed by atoms with E-state index in [1.165, 1.54) is 17.6 Å². The van der Waals surface area contributed by atoms with Crippen molar-refractivity contribution in [3.8, 4) is 5.88 Å². The predicted molar refractivity (Wildman–Crippen MR) is 85.5 cm³/mol. The molecule has 0 aliphatic heterocycles. The Balaban J connectivity index is 2.02. The van der Waals surface area contributed by atoms with Crippen LogP contribution >= 0.6 is 23.6 Å². The van der Waals surface area contributed by atoms with Gasteiger partial charge in [0.15, 0.2) is 4.77 Å². The van der Waals surface area contributed by atoms with Crippen molar-refractivity contribution in [1.82, 2.24) is 15.0 Å². The van der Waals surface area contributed by atoms with E-state index in [2.05, 4.69) is 19.9 Å². The second-order valence-corrected chi connectivity index (χ2v) is 5.81. The van der Waals surface area contributed by atoms with Gasteiger partial charge in [-0.15, -0.1) is 0 Å². The molecule has 21 heavy (non-hydrogen) atoms. The number of aromatic nitrogens is 3. The fourth-order valence-electron chi connectivity index (χ4n) is 1.80. The van der Waals surface area contributed by atoms with Gasteiger partial charge < -0.3 is 10.1 Å². The zero-order chi connectivity index (χ0) is 15.0. The lowest BCUT2D eigenvalue weighted by atomic mass is 10.2. The quantitative estimate of drug-likeness (QED) is 0.500. The third-order valence-electron chi connectivity index (χ3n) is 2.80. The minimum Gasteiger partial charge on any atom is -0.494 e. The Morgan fingerprint density at radius 2 is 2.24 bits per heavy atom. The van der Waals surface area contributed by atoms with Crippen molar-refractivity contribution in [2.75, 3.05) is 0 Å². The molecule has 0 saturated heterocycles. The number of aromatic hydroxyl groups is 1. The third kappa shape index (κ3) is 2.76. The number of aromatic amines is 2. The highest BCUT2D eigenvalue weighted by Gasteiger charge is 2.06. The molecule has 3 aromatic rings. The van der Waals surface area contributed by atoms with E-state index in [-0.39, 0.29) is 16.2 Å². The van der Waals surface area contributed by atoms with Crippen LogP contribution in [0, 0.1) is 11.7 Å². The molecule has 0 saturated carbocycles. The van der Waals surface area contributed by atoms with Gasteiger partial charge in [-0.2, -0.15) is 0 Å². The van der Waals surface area contributed by atoms with E-state index >= 15 is 0 Å². The van der Waals surface area contributed by atoms with Crippen molar-refractivity contribution in [3.63, 3.8) is 0 Å². The molecule has 2 aromatic heterocycles. The first-order valence-electron chi connectivity index (χ1n) is 6.00. The molecule has 0 radical (unpaired) electrons. The van der Waals surface area contributed by atoms with Crippen LogP contribution in [-0.2, 0) is 0 Å². The molecule has 0 aliphatic carbocycles. The smallest absolute Gasteiger partial charge is 0.264 e. The average Bonchev–Trinajstić information content (AvgIpc) is 2.79. The number of nitrogens with zero attached hydrogens (tertiary/aromatic N) is 2. The Morgan fingerprint density at radius 1 is 1.43 bits per heavy atom. The summed E-state index contributed by atoms with van der Waals surface area (Å²) >= 11 is 6.17. The van der Waals surface area contributed by atoms with E-state index < -0.39 is 5.56 Å². The number of nitrogens with one attached hydrogen (secondary N) is 2. The van der Waals surface area contributed by atoms with Gasteiger partial charge in [0.2, 0.25) is 11.0 Å². The molecule has 6 nitrogen and oxygen atoms in total. The first-order valence-corrected chi connectivity index (χ1v) is 7.22. The molecule has 0 bridgehead atoms. The predicted octanol–water partition coefficient (Wildman–Crippen LogP) is 2.81. The molecule has 8 heteroatoms. The number of hydrogen-bond donors (Lipinski definition) is 3. The standard InChI is InChI=1S/C13H10N4O2S2/c1-6-2-3-8-9(4-6)21-13(15-8)14-5-7-10(18)16-12(20)17-11(7)19/h2-5H,1H3,(H3,16,17,18,19,20). The SMILES string of the molecule is Cc1ccc2nc(N=Cc3c(O)[nH]c(=S)[nH]c3=O)sc2c1. The molecule has 0 atom stereocenters. The Hall–Kier alpha value is -2.32. The lowest BCUT2D eigenvalue weighted by Gasteiger charge is -1.95. The van der Waals surface area contributed by atoms with Gasteiger partial charge >= 0.3 is 0 Å². The van der Waals surface area contributed by atoms with Crippen molar-refractivity contribution < 1.29 is 5.11 Å². The molecule has 3 rings (SSSR count). The lowest BCUT2D eigenvalue weighted by molar-refractivity contribution is 0.449. The number of aryl methyl sites for hydroxylation is 1. The fourth-order valence-corrected chi connectivity index (χ4v) is 2.90. The molecule has 0 aliphatic rings. The van der Waals surface area contributed by atoms with E-state index in [1.54, 1.807) is 0 Å². The summed E-state index contributed by atoms with van der Waals surface area (Å²) < 4.78 is 1.08. The topological polar surface area (TPSA) is 94.1 Å². The number of hydrogen-bond acceptors (Lipinski definition) is 6. The molecule has 0 spiro atoms. The van der Waals surface area contributed by atoms with Crippen molar-refractivity contribution in [2.24, 2.45) is 4.99 Å². The second-order valence-electron chi connectivity index (χ2n) is 4.40. The molecular formula is C13H10N4O2S2. The summed E-state index contributed by atoms with van der Waals surface area (Å²) in [6.45, 7) is 2.01. The van der Waals surface area contributed by atoms with Crippen LogP contribution in [0.15, 0.2) is 28.0 Å². The van der Waals surface area contributed by atoms with E-state index in [0.717, 1.165) is 15.8 Å². The zero-order valence-electron chi connectivity index (χ0n) is 10.9. The molecule has 106 valence electrons. The number of aliphatic imine (C=N–C) groups is 1. The van der Waals surface area contributed by atoms with Crippen LogP contribution in [0.3, 0.4) is 0 Å². The van der Waals surface area contributed by atoms with Gasteiger partial charge in [0.1, 0.15) is 5.56 Å². The van der Waals surface area contributed by atoms with Crippen LogP contribution in [0.25, 0.3) is 10.2 Å². The molecule has 0 fully saturated rings. The van der Waals surface area contributed by atoms with Crippen molar-refractivity contribution in [1.29, 1.82) is 0 Å². The van der Waals surface area contributed by atoms with Crippen molar-refractivity contribution >= 4 is 45.1 Å². The second kappa shape index (κ2) is 5.23. The van der Waals surface area contributed by atoms with E-state index in [1.807, 2.05) is 25.1 Å². The summed E-state index contributed by atoms with van der Waals surface area (Å²) in [5, 5.41) is 10.2. The summed E-state index contributed by atoms with van der Waals surface area (Å²) in [7, 11) is 0. The van der Waals surface area contributed by atoms with Crippen LogP contribution in [-0.4, -0.2) is 26.3 Å². The monoisotopic (exact) mass is 318 g/mol. The highest BCUT2D eigenvalue weighted by atomic mass is 32.1. The third-order valence-corrected chi connectivity index (χ3v) is 3.93. The average molecular weight is 318 g/mol. The summed E-state index contributed by atoms with van der Waals surface area (Å²) in [6, 6.07) is 5.92. The first kappa shape index (κ1) is 13.7. The normalized spacial score (nSPS) is 11.5. The van der Waals surface area contributed by atoms with Crippen molar-refractivity contribution in [2.45, 2.75) is 6.92 Å². The lowest BCUT2D eigenvalue weighted by Crippen LogP contribution is -2.13. The minimum absolute atomic E-state index is 0.0130. The Kier molecular flexibility index (Phi) is 3.40. The summed E-state index contributed by atoms with van der Waals surface area (Å²) in [5.41, 5.74) is 1.51. The highest BCUT2D eigenvalue weighted by molar-refractivity contribution is 7.71. The maximum absolute atomic E-state index is 11.7. The largest absolute Gasteiger partial charge is 0.494 e. The van der Waals surface area contributed by atoms with Crippen LogP contribution in [0.2, 0.25) is 0 Å². The van der Waals surface area contributed by atoms with Crippen LogP contribution < -0.4 is 5.56 Å². The van der Waals surface area contributed by atoms with Crippen LogP contribution in [0.5, 0.6) is 5.88 Å².